The molecule has 29 heavy (non-hydrogen) atoms. The molecule has 0 aliphatic rings. The van der Waals surface area contributed by atoms with Crippen LogP contribution in [0.2, 0.25) is 0 Å². The van der Waals surface area contributed by atoms with Crippen molar-refractivity contribution in [1.82, 2.24) is 14.8 Å². The van der Waals surface area contributed by atoms with Crippen LogP contribution in [0.1, 0.15) is 5.69 Å². The standard InChI is InChI=1S/C20H14F3N3O2S/c1-29(27,28)16-8-9-19(24-12-16)26-17(11-18(25-26)20(21,22)23)15-7-6-13-4-2-3-5-14(13)10-15/h2-12H,1H3. The summed E-state index contributed by atoms with van der Waals surface area (Å²) >= 11 is 0. The second-order valence-electron chi connectivity index (χ2n) is 6.51. The van der Waals surface area contributed by atoms with Crippen molar-refractivity contribution in [1.29, 1.82) is 0 Å². The van der Waals surface area contributed by atoms with E-state index in [0.717, 1.165) is 34.0 Å². The number of benzene rings is 2. The maximum atomic E-state index is 13.3. The highest BCUT2D eigenvalue weighted by atomic mass is 32.2. The Morgan fingerprint density at radius 1 is 0.931 bits per heavy atom. The molecule has 2 heterocycles. The predicted molar refractivity (Wildman–Crippen MR) is 102 cm³/mol. The Labute approximate surface area is 164 Å². The van der Waals surface area contributed by atoms with Crippen molar-refractivity contribution in [3.8, 4) is 17.1 Å². The summed E-state index contributed by atoms with van der Waals surface area (Å²) in [6, 6.07) is 16.4. The van der Waals surface area contributed by atoms with Gasteiger partial charge in [0, 0.05) is 18.0 Å². The van der Waals surface area contributed by atoms with Gasteiger partial charge in [-0.15, -0.1) is 0 Å². The van der Waals surface area contributed by atoms with Gasteiger partial charge in [-0.1, -0.05) is 36.4 Å². The van der Waals surface area contributed by atoms with E-state index in [0.29, 0.717) is 5.56 Å². The highest BCUT2D eigenvalue weighted by Crippen LogP contribution is 2.34. The first-order valence-corrected chi connectivity index (χ1v) is 10.3. The summed E-state index contributed by atoms with van der Waals surface area (Å²) in [5.41, 5.74) is -0.335. The van der Waals surface area contributed by atoms with Crippen molar-refractivity contribution in [2.45, 2.75) is 11.1 Å². The second kappa shape index (κ2) is 6.70. The van der Waals surface area contributed by atoms with Crippen LogP contribution in [-0.4, -0.2) is 29.4 Å². The normalized spacial score (nSPS) is 12.4. The van der Waals surface area contributed by atoms with E-state index in [1.165, 1.54) is 12.1 Å². The number of fused-ring (bicyclic) bond motifs is 1. The zero-order valence-electron chi connectivity index (χ0n) is 15.1. The topological polar surface area (TPSA) is 64.8 Å². The van der Waals surface area contributed by atoms with Crippen LogP contribution in [0.4, 0.5) is 13.2 Å². The Kier molecular flexibility index (Phi) is 4.42. The number of alkyl halides is 3. The molecule has 0 atom stereocenters. The van der Waals surface area contributed by atoms with Crippen LogP contribution >= 0.6 is 0 Å². The number of halogens is 3. The summed E-state index contributed by atoms with van der Waals surface area (Å²) in [7, 11) is -3.48. The van der Waals surface area contributed by atoms with E-state index in [1.807, 2.05) is 30.3 Å². The fourth-order valence-electron chi connectivity index (χ4n) is 2.97. The van der Waals surface area contributed by atoms with Gasteiger partial charge in [-0.3, -0.25) is 0 Å². The maximum absolute atomic E-state index is 13.3. The van der Waals surface area contributed by atoms with Crippen molar-refractivity contribution >= 4 is 20.6 Å². The molecule has 0 amide bonds. The monoisotopic (exact) mass is 417 g/mol. The molecule has 0 saturated carbocycles. The van der Waals surface area contributed by atoms with E-state index in [-0.39, 0.29) is 16.4 Å². The van der Waals surface area contributed by atoms with Crippen LogP contribution in [0, 0.1) is 0 Å². The minimum Gasteiger partial charge on any atom is -0.236 e. The number of aromatic nitrogens is 3. The van der Waals surface area contributed by atoms with Gasteiger partial charge < -0.3 is 0 Å². The third-order valence-electron chi connectivity index (χ3n) is 4.41. The van der Waals surface area contributed by atoms with E-state index in [9.17, 15) is 21.6 Å². The number of pyridine rings is 1. The molecule has 0 aliphatic carbocycles. The molecule has 4 aromatic rings. The first-order valence-electron chi connectivity index (χ1n) is 8.46. The average Bonchev–Trinajstić information content (AvgIpc) is 3.13. The van der Waals surface area contributed by atoms with Gasteiger partial charge in [-0.2, -0.15) is 18.3 Å². The van der Waals surface area contributed by atoms with Crippen LogP contribution < -0.4 is 0 Å². The highest BCUT2D eigenvalue weighted by Gasteiger charge is 2.35. The lowest BCUT2D eigenvalue weighted by Crippen LogP contribution is -2.08. The Bertz CT molecular complexity index is 1310. The lowest BCUT2D eigenvalue weighted by molar-refractivity contribution is -0.141. The van der Waals surface area contributed by atoms with Crippen molar-refractivity contribution in [3.63, 3.8) is 0 Å². The SMILES string of the molecule is CS(=O)(=O)c1ccc(-n2nc(C(F)(F)F)cc2-c2ccc3ccccc3c2)nc1. The smallest absolute Gasteiger partial charge is 0.236 e. The van der Waals surface area contributed by atoms with Crippen molar-refractivity contribution < 1.29 is 21.6 Å². The third-order valence-corrected chi connectivity index (χ3v) is 5.51. The summed E-state index contributed by atoms with van der Waals surface area (Å²) < 4.78 is 64.2. The molecule has 0 aliphatic heterocycles. The fourth-order valence-corrected chi connectivity index (χ4v) is 3.53. The van der Waals surface area contributed by atoms with Gasteiger partial charge in [0.1, 0.15) is 0 Å². The van der Waals surface area contributed by atoms with Crippen molar-refractivity contribution in [2.75, 3.05) is 6.26 Å². The Hall–Kier alpha value is -3.20. The van der Waals surface area contributed by atoms with E-state index < -0.39 is 21.7 Å². The minimum absolute atomic E-state index is 0.0308. The van der Waals surface area contributed by atoms with Crippen LogP contribution in [0.5, 0.6) is 0 Å². The Morgan fingerprint density at radius 2 is 1.66 bits per heavy atom. The molecule has 0 unspecified atom stereocenters. The van der Waals surface area contributed by atoms with E-state index in [4.69, 9.17) is 0 Å². The molecular formula is C20H14F3N3O2S. The van der Waals surface area contributed by atoms with E-state index in [1.54, 1.807) is 12.1 Å². The van der Waals surface area contributed by atoms with E-state index in [2.05, 4.69) is 10.1 Å². The van der Waals surface area contributed by atoms with Gasteiger partial charge in [-0.25, -0.2) is 18.1 Å². The fraction of sp³-hybridized carbons (Fsp3) is 0.100. The summed E-state index contributed by atoms with van der Waals surface area (Å²) in [6.07, 6.45) is -2.51. The van der Waals surface area contributed by atoms with Crippen LogP contribution in [0.15, 0.2) is 71.8 Å². The molecule has 4 rings (SSSR count). The van der Waals surface area contributed by atoms with Gasteiger partial charge in [0.05, 0.1) is 10.6 Å². The number of sulfone groups is 1. The highest BCUT2D eigenvalue weighted by molar-refractivity contribution is 7.90. The molecule has 0 saturated heterocycles. The van der Waals surface area contributed by atoms with Gasteiger partial charge in [0.15, 0.2) is 21.3 Å². The van der Waals surface area contributed by atoms with Crippen molar-refractivity contribution in [3.05, 3.63) is 72.6 Å². The molecule has 5 nitrogen and oxygen atoms in total. The van der Waals surface area contributed by atoms with Gasteiger partial charge in [0.2, 0.25) is 0 Å². The molecule has 9 heteroatoms. The predicted octanol–water partition coefficient (Wildman–Crippen LogP) is 4.51. The molecule has 0 spiro atoms. The molecule has 148 valence electrons. The molecule has 0 fully saturated rings. The first-order chi connectivity index (χ1) is 13.6. The summed E-state index contributed by atoms with van der Waals surface area (Å²) in [4.78, 5) is 3.98. The Balaban J connectivity index is 1.90. The summed E-state index contributed by atoms with van der Waals surface area (Å²) in [6.45, 7) is 0. The molecule has 0 bridgehead atoms. The Morgan fingerprint density at radius 3 is 2.28 bits per heavy atom. The minimum atomic E-state index is -4.64. The quantitative estimate of drug-likeness (QED) is 0.492. The number of hydrogen-bond donors (Lipinski definition) is 0. The first kappa shape index (κ1) is 19.1. The second-order valence-corrected chi connectivity index (χ2v) is 8.53. The largest absolute Gasteiger partial charge is 0.435 e. The molecule has 2 aromatic heterocycles. The summed E-state index contributed by atoms with van der Waals surface area (Å²) in [5.74, 6) is 0.0797. The van der Waals surface area contributed by atoms with Crippen LogP contribution in [0.25, 0.3) is 27.8 Å². The molecule has 0 radical (unpaired) electrons. The van der Waals surface area contributed by atoms with E-state index >= 15 is 0 Å². The lowest BCUT2D eigenvalue weighted by atomic mass is 10.0. The molecule has 0 N–H and O–H groups in total. The van der Waals surface area contributed by atoms with Crippen molar-refractivity contribution in [2.24, 2.45) is 0 Å². The van der Waals surface area contributed by atoms with Gasteiger partial charge in [0.25, 0.3) is 0 Å². The number of rotatable bonds is 3. The van der Waals surface area contributed by atoms with Crippen LogP contribution in [0.3, 0.4) is 0 Å². The zero-order valence-corrected chi connectivity index (χ0v) is 15.9. The zero-order chi connectivity index (χ0) is 20.8. The van der Waals surface area contributed by atoms with Gasteiger partial charge in [-0.05, 0) is 35.0 Å². The number of hydrogen-bond acceptors (Lipinski definition) is 4. The maximum Gasteiger partial charge on any atom is 0.435 e. The molecular weight excluding hydrogens is 403 g/mol. The average molecular weight is 417 g/mol. The van der Waals surface area contributed by atoms with Gasteiger partial charge >= 0.3 is 6.18 Å². The lowest BCUT2D eigenvalue weighted by Gasteiger charge is -2.08. The van der Waals surface area contributed by atoms with Crippen LogP contribution in [-0.2, 0) is 16.0 Å². The molecule has 2 aromatic carbocycles. The third kappa shape index (κ3) is 3.73. The summed E-state index contributed by atoms with van der Waals surface area (Å²) in [5, 5.41) is 5.50. The number of nitrogens with zero attached hydrogens (tertiary/aromatic N) is 3.